The first-order chi connectivity index (χ1) is 14.6. The van der Waals surface area contributed by atoms with Gasteiger partial charge in [-0.2, -0.15) is 13.2 Å². The summed E-state index contributed by atoms with van der Waals surface area (Å²) in [5.74, 6) is -0.707. The number of hydrogen-bond donors (Lipinski definition) is 2. The predicted molar refractivity (Wildman–Crippen MR) is 113 cm³/mol. The molecule has 0 aliphatic heterocycles. The second-order valence-corrected chi connectivity index (χ2v) is 7.27. The van der Waals surface area contributed by atoms with E-state index in [2.05, 4.69) is 4.98 Å². The third-order valence-corrected chi connectivity index (χ3v) is 4.87. The van der Waals surface area contributed by atoms with Gasteiger partial charge >= 0.3 is 11.9 Å². The summed E-state index contributed by atoms with van der Waals surface area (Å²) in [5.41, 5.74) is 3.80. The van der Waals surface area contributed by atoms with Crippen LogP contribution in [0.3, 0.4) is 0 Å². The van der Waals surface area contributed by atoms with Crippen LogP contribution in [0, 0.1) is 0 Å². The molecule has 10 heteroatoms. The van der Waals surface area contributed by atoms with Gasteiger partial charge in [0, 0.05) is 13.1 Å². The van der Waals surface area contributed by atoms with Gasteiger partial charge in [-0.25, -0.2) is 4.79 Å². The van der Waals surface area contributed by atoms with Crippen molar-refractivity contribution in [1.29, 1.82) is 0 Å². The molecule has 0 saturated heterocycles. The average molecular weight is 440 g/mol. The molecule has 0 aliphatic carbocycles. The van der Waals surface area contributed by atoms with Crippen molar-refractivity contribution in [2.75, 3.05) is 17.2 Å². The number of aromatic amines is 1. The predicted octanol–water partition coefficient (Wildman–Crippen LogP) is 3.31. The number of hydrogen-bond acceptors (Lipinski definition) is 4. The zero-order valence-electron chi connectivity index (χ0n) is 17.6. The van der Waals surface area contributed by atoms with Crippen LogP contribution < -0.4 is 21.9 Å². The Morgan fingerprint density at radius 2 is 1.84 bits per heavy atom. The molecule has 0 spiro atoms. The smallest absolute Gasteiger partial charge is 0.383 e. The molecule has 1 amide bonds. The van der Waals surface area contributed by atoms with Gasteiger partial charge in [0.25, 0.3) is 5.56 Å². The second-order valence-electron chi connectivity index (χ2n) is 7.27. The molecular formula is C21H27F3N4O3. The molecule has 3 N–H and O–H groups in total. The molecule has 0 atom stereocenters. The van der Waals surface area contributed by atoms with Crippen molar-refractivity contribution in [2.45, 2.75) is 58.7 Å². The van der Waals surface area contributed by atoms with Gasteiger partial charge in [0.15, 0.2) is 5.69 Å². The number of benzene rings is 1. The maximum absolute atomic E-state index is 13.0. The summed E-state index contributed by atoms with van der Waals surface area (Å²) < 4.78 is 40.2. The third kappa shape index (κ3) is 5.99. The lowest BCUT2D eigenvalue weighted by atomic mass is 10.1. The maximum atomic E-state index is 13.0. The van der Waals surface area contributed by atoms with E-state index in [1.807, 2.05) is 13.8 Å². The molecule has 1 heterocycles. The van der Waals surface area contributed by atoms with Gasteiger partial charge in [-0.05, 0) is 24.5 Å². The van der Waals surface area contributed by atoms with Crippen molar-refractivity contribution in [3.8, 4) is 0 Å². The summed E-state index contributed by atoms with van der Waals surface area (Å²) in [6.07, 6.45) is -2.20. The Bertz CT molecular complexity index is 1030. The fourth-order valence-corrected chi connectivity index (χ4v) is 3.18. The number of H-pyrrole nitrogens is 1. The lowest BCUT2D eigenvalue weighted by Crippen LogP contribution is -2.42. The van der Waals surface area contributed by atoms with Gasteiger partial charge < -0.3 is 10.6 Å². The number of rotatable bonds is 9. The Balaban J connectivity index is 2.45. The van der Waals surface area contributed by atoms with E-state index in [0.717, 1.165) is 18.6 Å². The van der Waals surface area contributed by atoms with Gasteiger partial charge in [-0.15, -0.1) is 0 Å². The molecule has 0 saturated carbocycles. The van der Waals surface area contributed by atoms with E-state index >= 15 is 0 Å². The number of amides is 1. The Kier molecular flexibility index (Phi) is 8.07. The molecule has 0 bridgehead atoms. The van der Waals surface area contributed by atoms with Crippen molar-refractivity contribution < 1.29 is 18.0 Å². The van der Waals surface area contributed by atoms with Gasteiger partial charge in [0.2, 0.25) is 5.91 Å². The summed E-state index contributed by atoms with van der Waals surface area (Å²) in [6.45, 7) is 4.24. The molecule has 31 heavy (non-hydrogen) atoms. The molecule has 1 aromatic heterocycles. The van der Waals surface area contributed by atoms with Crippen LogP contribution in [0.25, 0.3) is 0 Å². The zero-order valence-corrected chi connectivity index (χ0v) is 17.6. The molecule has 2 rings (SSSR count). The Morgan fingerprint density at radius 3 is 2.45 bits per heavy atom. The van der Waals surface area contributed by atoms with Crippen LogP contribution in [0.1, 0.15) is 50.7 Å². The number of aromatic nitrogens is 2. The first-order valence-electron chi connectivity index (χ1n) is 10.2. The summed E-state index contributed by atoms with van der Waals surface area (Å²) in [4.78, 5) is 41.1. The van der Waals surface area contributed by atoms with Crippen LogP contribution in [0.2, 0.25) is 0 Å². The van der Waals surface area contributed by atoms with E-state index in [1.54, 1.807) is 0 Å². The highest BCUT2D eigenvalue weighted by Crippen LogP contribution is 2.30. The quantitative estimate of drug-likeness (QED) is 0.625. The minimum Gasteiger partial charge on any atom is -0.383 e. The number of nitrogens with two attached hydrogens (primary N) is 1. The van der Waals surface area contributed by atoms with Crippen molar-refractivity contribution in [2.24, 2.45) is 0 Å². The molecule has 0 fully saturated rings. The normalized spacial score (nSPS) is 11.5. The topological polar surface area (TPSA) is 101 Å². The van der Waals surface area contributed by atoms with Crippen LogP contribution in [0.5, 0.6) is 0 Å². The molecule has 0 unspecified atom stereocenters. The number of halogens is 3. The second kappa shape index (κ2) is 10.3. The lowest BCUT2D eigenvalue weighted by Gasteiger charge is -2.24. The largest absolute Gasteiger partial charge is 0.416 e. The molecule has 2 aromatic rings. The molecule has 1 aromatic carbocycles. The van der Waals surface area contributed by atoms with Crippen LogP contribution in [0.15, 0.2) is 33.9 Å². The van der Waals surface area contributed by atoms with Gasteiger partial charge in [0.1, 0.15) is 5.82 Å². The number of nitrogens with zero attached hydrogens (tertiary/aromatic N) is 2. The van der Waals surface area contributed by atoms with E-state index in [9.17, 15) is 27.6 Å². The van der Waals surface area contributed by atoms with Crippen molar-refractivity contribution >= 4 is 17.4 Å². The van der Waals surface area contributed by atoms with Crippen molar-refractivity contribution in [3.05, 3.63) is 56.2 Å². The lowest BCUT2D eigenvalue weighted by molar-refractivity contribution is -0.137. The number of carbonyl (C=O) groups excluding carboxylic acids is 1. The molecule has 0 aliphatic rings. The van der Waals surface area contributed by atoms with E-state index in [4.69, 9.17) is 5.73 Å². The fraction of sp³-hybridized carbons (Fsp3) is 0.476. The van der Waals surface area contributed by atoms with E-state index in [1.165, 1.54) is 21.6 Å². The summed E-state index contributed by atoms with van der Waals surface area (Å²) in [5, 5.41) is 0. The number of unbranched alkanes of at least 4 members (excludes halogenated alkanes) is 2. The minimum absolute atomic E-state index is 0.129. The first-order valence-corrected chi connectivity index (χ1v) is 10.2. The highest BCUT2D eigenvalue weighted by molar-refractivity contribution is 5.96. The van der Waals surface area contributed by atoms with Gasteiger partial charge in [0.05, 0.1) is 12.0 Å². The standard InChI is InChI=1S/C21H27F3N4O3/c1-3-5-10-27(16(29)13-14-8-7-9-15(12-14)21(22,23)24)17-18(25)28(11-6-4-2)20(31)26-19(17)30/h7-9,12H,3-6,10-11,13,25H2,1-2H3,(H,26,30,31). The number of carbonyl (C=O) groups is 1. The third-order valence-electron chi connectivity index (χ3n) is 4.87. The molecular weight excluding hydrogens is 413 g/mol. The summed E-state index contributed by atoms with van der Waals surface area (Å²) in [7, 11) is 0. The van der Waals surface area contributed by atoms with Gasteiger partial charge in [-0.3, -0.25) is 19.1 Å². The Hall–Kier alpha value is -3.04. The highest BCUT2D eigenvalue weighted by Gasteiger charge is 2.31. The van der Waals surface area contributed by atoms with E-state index < -0.39 is 28.9 Å². The number of nitrogens with one attached hydrogen (secondary N) is 1. The van der Waals surface area contributed by atoms with E-state index in [-0.39, 0.29) is 36.6 Å². The molecule has 0 radical (unpaired) electrons. The van der Waals surface area contributed by atoms with Crippen LogP contribution in [-0.4, -0.2) is 22.0 Å². The van der Waals surface area contributed by atoms with Crippen molar-refractivity contribution in [3.63, 3.8) is 0 Å². The average Bonchev–Trinajstić information content (AvgIpc) is 2.69. The Labute approximate surface area is 177 Å². The minimum atomic E-state index is -4.53. The summed E-state index contributed by atoms with van der Waals surface area (Å²) >= 11 is 0. The molecule has 7 nitrogen and oxygen atoms in total. The fourth-order valence-electron chi connectivity index (χ4n) is 3.18. The number of alkyl halides is 3. The monoisotopic (exact) mass is 440 g/mol. The zero-order chi connectivity index (χ0) is 23.2. The maximum Gasteiger partial charge on any atom is 0.416 e. The Morgan fingerprint density at radius 1 is 1.16 bits per heavy atom. The highest BCUT2D eigenvalue weighted by atomic mass is 19.4. The SMILES string of the molecule is CCCCN(C(=O)Cc1cccc(C(F)(F)F)c1)c1c(N)n(CCCC)c(=O)[nH]c1=O. The number of nitrogen functional groups attached to an aromatic ring is 1. The van der Waals surface area contributed by atoms with Crippen LogP contribution in [-0.2, 0) is 23.9 Å². The van der Waals surface area contributed by atoms with Crippen LogP contribution in [0.4, 0.5) is 24.7 Å². The number of anilines is 2. The molecule has 170 valence electrons. The van der Waals surface area contributed by atoms with Crippen LogP contribution >= 0.6 is 0 Å². The summed E-state index contributed by atoms with van der Waals surface area (Å²) in [6, 6.07) is 4.48. The van der Waals surface area contributed by atoms with Gasteiger partial charge in [-0.1, -0.05) is 44.9 Å². The van der Waals surface area contributed by atoms with E-state index in [0.29, 0.717) is 19.3 Å². The first kappa shape index (κ1) is 24.2. The van der Waals surface area contributed by atoms with Crippen molar-refractivity contribution in [1.82, 2.24) is 9.55 Å².